The average Bonchev–Trinajstić information content (AvgIpc) is 2.42. The van der Waals surface area contributed by atoms with Crippen molar-refractivity contribution in [3.8, 4) is 5.75 Å². The van der Waals surface area contributed by atoms with Gasteiger partial charge in [-0.25, -0.2) is 0 Å². The van der Waals surface area contributed by atoms with E-state index < -0.39 is 12.2 Å². The van der Waals surface area contributed by atoms with Crippen LogP contribution in [0.2, 0.25) is 5.02 Å². The maximum Gasteiger partial charge on any atom is 0.138 e. The van der Waals surface area contributed by atoms with Crippen molar-refractivity contribution in [3.05, 3.63) is 28.8 Å². The van der Waals surface area contributed by atoms with Crippen molar-refractivity contribution in [2.75, 3.05) is 33.5 Å². The van der Waals surface area contributed by atoms with Crippen molar-refractivity contribution < 1.29 is 24.4 Å². The second-order valence-corrected chi connectivity index (χ2v) is 4.81. The number of ether oxygens (including phenoxy) is 3. The normalized spacial score (nSPS) is 14.1. The Morgan fingerprint density at radius 2 is 1.95 bits per heavy atom. The third-order valence-electron chi connectivity index (χ3n) is 2.61. The topological polar surface area (TPSA) is 68.2 Å². The summed E-state index contributed by atoms with van der Waals surface area (Å²) in [6, 6.07) is 5.04. The molecule has 0 fully saturated rings. The van der Waals surface area contributed by atoms with E-state index in [1.807, 2.05) is 0 Å². The quantitative estimate of drug-likeness (QED) is 0.681. The summed E-state index contributed by atoms with van der Waals surface area (Å²) in [6.07, 6.45) is -1.32. The van der Waals surface area contributed by atoms with Gasteiger partial charge in [0.25, 0.3) is 0 Å². The molecule has 1 aromatic rings. The third-order valence-corrected chi connectivity index (χ3v) is 2.91. The molecule has 6 heteroatoms. The van der Waals surface area contributed by atoms with E-state index in [0.29, 0.717) is 29.5 Å². The second-order valence-electron chi connectivity index (χ2n) is 4.40. The lowest BCUT2D eigenvalue weighted by Crippen LogP contribution is -2.24. The van der Waals surface area contributed by atoms with Crippen LogP contribution < -0.4 is 4.74 Å². The number of halogens is 1. The van der Waals surface area contributed by atoms with Crippen molar-refractivity contribution >= 4 is 11.6 Å². The summed E-state index contributed by atoms with van der Waals surface area (Å²) in [5.74, 6) is 0.465. The molecule has 0 aliphatic carbocycles. The monoisotopic (exact) mass is 304 g/mol. The first-order chi connectivity index (χ1) is 9.54. The lowest BCUT2D eigenvalue weighted by atomic mass is 10.1. The predicted molar refractivity (Wildman–Crippen MR) is 76.3 cm³/mol. The standard InChI is InChI=1S/C14H21ClO5/c1-10(16)11-3-4-14(13(15)7-11)20-9-12(17)8-19-6-5-18-2/h3-4,7,10,12,16-17H,5-6,8-9H2,1-2H3/t10-,12?/m1/s1. The van der Waals surface area contributed by atoms with E-state index in [0.717, 1.165) is 0 Å². The van der Waals surface area contributed by atoms with E-state index in [4.69, 9.17) is 25.8 Å². The first-order valence-corrected chi connectivity index (χ1v) is 6.77. The Bertz CT molecular complexity index is 397. The zero-order valence-electron chi connectivity index (χ0n) is 11.7. The number of benzene rings is 1. The highest BCUT2D eigenvalue weighted by molar-refractivity contribution is 6.32. The molecule has 0 heterocycles. The van der Waals surface area contributed by atoms with Crippen molar-refractivity contribution in [2.24, 2.45) is 0 Å². The zero-order chi connectivity index (χ0) is 15.0. The molecule has 1 aromatic carbocycles. The molecule has 0 spiro atoms. The molecule has 5 nitrogen and oxygen atoms in total. The maximum absolute atomic E-state index is 9.67. The fraction of sp³-hybridized carbons (Fsp3) is 0.571. The van der Waals surface area contributed by atoms with Gasteiger partial charge in [-0.2, -0.15) is 0 Å². The lowest BCUT2D eigenvalue weighted by molar-refractivity contribution is -0.00418. The van der Waals surface area contributed by atoms with Crippen molar-refractivity contribution in [1.82, 2.24) is 0 Å². The van der Waals surface area contributed by atoms with Crippen molar-refractivity contribution in [2.45, 2.75) is 19.1 Å². The Balaban J connectivity index is 2.37. The summed E-state index contributed by atoms with van der Waals surface area (Å²) in [7, 11) is 1.59. The van der Waals surface area contributed by atoms with Crippen LogP contribution in [-0.4, -0.2) is 49.9 Å². The van der Waals surface area contributed by atoms with E-state index >= 15 is 0 Å². The minimum absolute atomic E-state index is 0.0841. The number of hydrogen-bond donors (Lipinski definition) is 2. The lowest BCUT2D eigenvalue weighted by Gasteiger charge is -2.14. The molecule has 0 radical (unpaired) electrons. The van der Waals surface area contributed by atoms with Crippen LogP contribution in [0.25, 0.3) is 0 Å². The number of aliphatic hydroxyl groups excluding tert-OH is 2. The Morgan fingerprint density at radius 1 is 1.20 bits per heavy atom. The van der Waals surface area contributed by atoms with E-state index in [1.54, 1.807) is 32.2 Å². The predicted octanol–water partition coefficient (Wildman–Crippen LogP) is 1.80. The van der Waals surface area contributed by atoms with Crippen LogP contribution in [0.1, 0.15) is 18.6 Å². The second kappa shape index (κ2) is 9.15. The molecule has 0 aliphatic rings. The Kier molecular flexibility index (Phi) is 7.87. The highest BCUT2D eigenvalue weighted by Crippen LogP contribution is 2.27. The molecular formula is C14H21ClO5. The molecule has 114 valence electrons. The molecule has 2 atom stereocenters. The molecule has 2 N–H and O–H groups in total. The minimum Gasteiger partial charge on any atom is -0.489 e. The number of hydrogen-bond acceptors (Lipinski definition) is 5. The summed E-state index contributed by atoms with van der Waals surface area (Å²) in [5, 5.41) is 19.5. The van der Waals surface area contributed by atoms with E-state index in [9.17, 15) is 10.2 Å². The minimum atomic E-state index is -0.737. The maximum atomic E-state index is 9.67. The van der Waals surface area contributed by atoms with Gasteiger partial charge in [-0.05, 0) is 24.6 Å². The van der Waals surface area contributed by atoms with Gasteiger partial charge in [-0.3, -0.25) is 0 Å². The van der Waals surface area contributed by atoms with Crippen LogP contribution in [0, 0.1) is 0 Å². The molecule has 0 saturated heterocycles. The first-order valence-electron chi connectivity index (χ1n) is 6.39. The zero-order valence-corrected chi connectivity index (χ0v) is 12.5. The van der Waals surface area contributed by atoms with Crippen molar-refractivity contribution in [3.63, 3.8) is 0 Å². The highest BCUT2D eigenvalue weighted by Gasteiger charge is 2.09. The summed E-state index contributed by atoms with van der Waals surface area (Å²) < 4.78 is 15.4. The third kappa shape index (κ3) is 6.07. The van der Waals surface area contributed by atoms with Crippen LogP contribution in [0.4, 0.5) is 0 Å². The van der Waals surface area contributed by atoms with E-state index in [2.05, 4.69) is 0 Å². The Morgan fingerprint density at radius 3 is 2.55 bits per heavy atom. The van der Waals surface area contributed by atoms with Gasteiger partial charge in [0, 0.05) is 7.11 Å². The van der Waals surface area contributed by atoms with E-state index in [1.165, 1.54) is 0 Å². The van der Waals surface area contributed by atoms with Gasteiger partial charge in [0.15, 0.2) is 0 Å². The fourth-order valence-corrected chi connectivity index (χ4v) is 1.73. The van der Waals surface area contributed by atoms with E-state index in [-0.39, 0.29) is 13.2 Å². The molecule has 0 aromatic heterocycles. The van der Waals surface area contributed by atoms with Crippen LogP contribution in [0.15, 0.2) is 18.2 Å². The van der Waals surface area contributed by atoms with Crippen molar-refractivity contribution in [1.29, 1.82) is 0 Å². The van der Waals surface area contributed by atoms with Crippen LogP contribution in [-0.2, 0) is 9.47 Å². The van der Waals surface area contributed by atoms with Crippen LogP contribution >= 0.6 is 11.6 Å². The summed E-state index contributed by atoms with van der Waals surface area (Å²) in [4.78, 5) is 0. The molecule has 1 unspecified atom stereocenters. The van der Waals surface area contributed by atoms with Gasteiger partial charge in [-0.15, -0.1) is 0 Å². The summed E-state index contributed by atoms with van der Waals surface area (Å²) in [5.41, 5.74) is 0.714. The Labute approximate surface area is 124 Å². The molecule has 0 amide bonds. The van der Waals surface area contributed by atoms with Gasteiger partial charge in [0.1, 0.15) is 18.5 Å². The summed E-state index contributed by atoms with van der Waals surface area (Å²) >= 11 is 6.04. The number of rotatable bonds is 9. The van der Waals surface area contributed by atoms with Gasteiger partial charge >= 0.3 is 0 Å². The molecule has 1 rings (SSSR count). The molecule has 0 bridgehead atoms. The molecular weight excluding hydrogens is 284 g/mol. The van der Waals surface area contributed by atoms with Gasteiger partial charge in [0.2, 0.25) is 0 Å². The average molecular weight is 305 g/mol. The van der Waals surface area contributed by atoms with Crippen LogP contribution in [0.5, 0.6) is 5.75 Å². The number of aliphatic hydroxyl groups is 2. The van der Waals surface area contributed by atoms with Gasteiger partial charge < -0.3 is 24.4 Å². The largest absolute Gasteiger partial charge is 0.489 e. The van der Waals surface area contributed by atoms with Crippen LogP contribution in [0.3, 0.4) is 0 Å². The molecule has 0 aliphatic heterocycles. The highest BCUT2D eigenvalue weighted by atomic mass is 35.5. The SMILES string of the molecule is COCCOCC(O)COc1ccc([C@@H](C)O)cc1Cl. The van der Waals surface area contributed by atoms with Gasteiger partial charge in [-0.1, -0.05) is 17.7 Å². The first kappa shape index (κ1) is 17.2. The number of methoxy groups -OCH3 is 1. The molecule has 0 saturated carbocycles. The smallest absolute Gasteiger partial charge is 0.138 e. The summed E-state index contributed by atoms with van der Waals surface area (Å²) in [6.45, 7) is 2.83. The fourth-order valence-electron chi connectivity index (χ4n) is 1.49. The molecule has 20 heavy (non-hydrogen) atoms. The Hall–Kier alpha value is -0.850. The van der Waals surface area contributed by atoms with Gasteiger partial charge in [0.05, 0.1) is 30.9 Å².